The van der Waals surface area contributed by atoms with Crippen LogP contribution in [-0.2, 0) is 9.53 Å². The number of hydrogen-bond donors (Lipinski definition) is 1. The molecule has 2 heterocycles. The van der Waals surface area contributed by atoms with Gasteiger partial charge in [0.25, 0.3) is 0 Å². The zero-order valence-electron chi connectivity index (χ0n) is 17.8. The van der Waals surface area contributed by atoms with Gasteiger partial charge in [-0.05, 0) is 19.1 Å². The third-order valence-electron chi connectivity index (χ3n) is 5.32. The number of benzene rings is 1. The molecule has 1 aromatic carbocycles. The van der Waals surface area contributed by atoms with Crippen LogP contribution in [0.4, 0.5) is 0 Å². The smallest absolute Gasteiger partial charge is 0.236 e. The van der Waals surface area contributed by atoms with E-state index < -0.39 is 0 Å². The summed E-state index contributed by atoms with van der Waals surface area (Å²) in [6.07, 6.45) is -0.0610. The number of guanidine groups is 1. The van der Waals surface area contributed by atoms with E-state index in [0.29, 0.717) is 50.2 Å². The van der Waals surface area contributed by atoms with Gasteiger partial charge in [-0.1, -0.05) is 23.7 Å². The molecule has 0 aliphatic carbocycles. The number of nitrogens with one attached hydrogen (secondary N) is 1. The second kappa shape index (κ2) is 11.4. The fraction of sp³-hybridized carbons (Fsp3) is 0.619. The Morgan fingerprint density at radius 1 is 1.17 bits per heavy atom. The molecule has 1 N–H and O–H groups in total. The van der Waals surface area contributed by atoms with Crippen molar-refractivity contribution in [3.8, 4) is 5.75 Å². The number of piperazine rings is 1. The molecule has 2 saturated heterocycles. The topological polar surface area (TPSA) is 69.6 Å². The van der Waals surface area contributed by atoms with Gasteiger partial charge in [-0.2, -0.15) is 0 Å². The molecular weight excluding hydrogens is 406 g/mol. The van der Waals surface area contributed by atoms with Crippen molar-refractivity contribution < 1.29 is 14.3 Å². The van der Waals surface area contributed by atoms with Crippen molar-refractivity contribution >= 4 is 23.5 Å². The summed E-state index contributed by atoms with van der Waals surface area (Å²) < 4.78 is 11.2. The number of rotatable bonds is 6. The number of carbonyl (C=O) groups is 1. The maximum Gasteiger partial charge on any atom is 0.236 e. The molecule has 9 heteroatoms. The maximum atomic E-state index is 12.4. The molecule has 1 aromatic rings. The van der Waals surface area contributed by atoms with Crippen LogP contribution in [0.1, 0.15) is 6.92 Å². The molecule has 2 fully saturated rings. The molecule has 2 aliphatic heterocycles. The molecule has 2 aliphatic rings. The van der Waals surface area contributed by atoms with Gasteiger partial charge in [-0.3, -0.25) is 14.7 Å². The van der Waals surface area contributed by atoms with Crippen molar-refractivity contribution in [3.05, 3.63) is 29.3 Å². The van der Waals surface area contributed by atoms with E-state index in [0.717, 1.165) is 32.1 Å². The number of morpholine rings is 1. The van der Waals surface area contributed by atoms with Crippen LogP contribution in [0.25, 0.3) is 0 Å². The summed E-state index contributed by atoms with van der Waals surface area (Å²) >= 11 is 6.16. The van der Waals surface area contributed by atoms with Crippen molar-refractivity contribution in [1.82, 2.24) is 20.0 Å². The quantitative estimate of drug-likeness (QED) is 0.532. The third-order valence-corrected chi connectivity index (χ3v) is 5.63. The van der Waals surface area contributed by atoms with E-state index in [1.54, 1.807) is 7.05 Å². The van der Waals surface area contributed by atoms with Gasteiger partial charge in [-0.25, -0.2) is 0 Å². The Bertz CT molecular complexity index is 718. The molecule has 0 radical (unpaired) electrons. The van der Waals surface area contributed by atoms with Crippen LogP contribution >= 0.6 is 11.6 Å². The Labute approximate surface area is 183 Å². The van der Waals surface area contributed by atoms with Crippen molar-refractivity contribution in [2.75, 3.05) is 72.6 Å². The molecular formula is C21H32ClN5O3. The van der Waals surface area contributed by atoms with E-state index in [1.165, 1.54) is 0 Å². The Morgan fingerprint density at radius 3 is 2.53 bits per heavy atom. The predicted octanol–water partition coefficient (Wildman–Crippen LogP) is 1.16. The highest BCUT2D eigenvalue weighted by molar-refractivity contribution is 6.32. The van der Waals surface area contributed by atoms with Crippen LogP contribution in [0.2, 0.25) is 5.02 Å². The van der Waals surface area contributed by atoms with Gasteiger partial charge >= 0.3 is 0 Å². The Morgan fingerprint density at radius 2 is 1.87 bits per heavy atom. The Balaban J connectivity index is 1.40. The average Bonchev–Trinajstić information content (AvgIpc) is 2.77. The average molecular weight is 438 g/mol. The zero-order chi connectivity index (χ0) is 21.3. The molecule has 1 atom stereocenters. The maximum absolute atomic E-state index is 12.4. The monoisotopic (exact) mass is 437 g/mol. The lowest BCUT2D eigenvalue weighted by Crippen LogP contribution is -2.55. The Hall–Kier alpha value is -2.03. The highest BCUT2D eigenvalue weighted by atomic mass is 35.5. The number of hydrogen-bond acceptors (Lipinski definition) is 5. The van der Waals surface area contributed by atoms with E-state index >= 15 is 0 Å². The van der Waals surface area contributed by atoms with E-state index in [2.05, 4.69) is 20.1 Å². The first-order valence-electron chi connectivity index (χ1n) is 10.5. The molecule has 0 spiro atoms. The zero-order valence-corrected chi connectivity index (χ0v) is 18.6. The summed E-state index contributed by atoms with van der Waals surface area (Å²) in [6, 6.07) is 7.47. The van der Waals surface area contributed by atoms with Gasteiger partial charge in [0.1, 0.15) is 11.9 Å². The summed E-state index contributed by atoms with van der Waals surface area (Å²) in [5, 5.41) is 3.99. The number of ether oxygens (including phenoxy) is 2. The number of para-hydroxylation sites is 1. The second-order valence-electron chi connectivity index (χ2n) is 7.54. The lowest BCUT2D eigenvalue weighted by atomic mass is 10.3. The van der Waals surface area contributed by atoms with E-state index in [1.807, 2.05) is 36.1 Å². The Kier molecular flexibility index (Phi) is 8.60. The van der Waals surface area contributed by atoms with Gasteiger partial charge in [0, 0.05) is 46.3 Å². The summed E-state index contributed by atoms with van der Waals surface area (Å²) in [4.78, 5) is 23.2. The number of nitrogens with zero attached hydrogens (tertiary/aromatic N) is 4. The molecule has 0 saturated carbocycles. The third kappa shape index (κ3) is 6.48. The van der Waals surface area contributed by atoms with Crippen LogP contribution in [-0.4, -0.2) is 105 Å². The second-order valence-corrected chi connectivity index (χ2v) is 7.95. The fourth-order valence-electron chi connectivity index (χ4n) is 3.59. The molecule has 30 heavy (non-hydrogen) atoms. The molecule has 1 amide bonds. The molecule has 3 rings (SSSR count). The largest absolute Gasteiger partial charge is 0.487 e. The molecule has 0 aromatic heterocycles. The van der Waals surface area contributed by atoms with Crippen LogP contribution in [0.3, 0.4) is 0 Å². The molecule has 166 valence electrons. The minimum Gasteiger partial charge on any atom is -0.487 e. The van der Waals surface area contributed by atoms with Gasteiger partial charge in [-0.15, -0.1) is 0 Å². The van der Waals surface area contributed by atoms with Gasteiger partial charge < -0.3 is 24.6 Å². The van der Waals surface area contributed by atoms with E-state index in [-0.39, 0.29) is 12.0 Å². The van der Waals surface area contributed by atoms with Crippen LogP contribution < -0.4 is 10.1 Å². The SMILES string of the molecule is CN=C(NCC(C)Oc1ccccc1Cl)N1CCN(CC(=O)N2CCOCC2)CC1. The normalized spacial score (nSPS) is 19.5. The number of carbonyl (C=O) groups excluding carboxylic acids is 1. The van der Waals surface area contributed by atoms with Crippen molar-refractivity contribution in [2.24, 2.45) is 4.99 Å². The summed E-state index contributed by atoms with van der Waals surface area (Å²) in [5.74, 6) is 1.73. The van der Waals surface area contributed by atoms with Crippen LogP contribution in [0.15, 0.2) is 29.3 Å². The molecule has 1 unspecified atom stereocenters. The number of amides is 1. The predicted molar refractivity (Wildman–Crippen MR) is 118 cm³/mol. The first kappa shape index (κ1) is 22.7. The summed E-state index contributed by atoms with van der Waals surface area (Å²) in [7, 11) is 1.79. The first-order valence-corrected chi connectivity index (χ1v) is 10.9. The van der Waals surface area contributed by atoms with Gasteiger partial charge in [0.05, 0.1) is 31.3 Å². The van der Waals surface area contributed by atoms with Crippen molar-refractivity contribution in [2.45, 2.75) is 13.0 Å². The van der Waals surface area contributed by atoms with Gasteiger partial charge in [0.2, 0.25) is 5.91 Å². The van der Waals surface area contributed by atoms with Crippen molar-refractivity contribution in [3.63, 3.8) is 0 Å². The van der Waals surface area contributed by atoms with E-state index in [9.17, 15) is 4.79 Å². The minimum atomic E-state index is -0.0610. The first-order chi connectivity index (χ1) is 14.6. The van der Waals surface area contributed by atoms with E-state index in [4.69, 9.17) is 21.1 Å². The van der Waals surface area contributed by atoms with Crippen LogP contribution in [0.5, 0.6) is 5.75 Å². The highest BCUT2D eigenvalue weighted by Crippen LogP contribution is 2.24. The lowest BCUT2D eigenvalue weighted by Gasteiger charge is -2.37. The van der Waals surface area contributed by atoms with Crippen molar-refractivity contribution in [1.29, 1.82) is 0 Å². The number of aliphatic imine (C=N–C) groups is 1. The van der Waals surface area contributed by atoms with Crippen LogP contribution in [0, 0.1) is 0 Å². The highest BCUT2D eigenvalue weighted by Gasteiger charge is 2.24. The molecule has 0 bridgehead atoms. The fourth-order valence-corrected chi connectivity index (χ4v) is 3.77. The standard InChI is InChI=1S/C21H32ClN5O3/c1-17(30-19-6-4-3-5-18(19)22)15-24-21(23-2)27-9-7-25(8-10-27)16-20(28)26-11-13-29-14-12-26/h3-6,17H,7-16H2,1-2H3,(H,23,24). The lowest BCUT2D eigenvalue weighted by molar-refractivity contribution is -0.136. The number of halogens is 1. The summed E-state index contributed by atoms with van der Waals surface area (Å²) in [5.41, 5.74) is 0. The van der Waals surface area contributed by atoms with Gasteiger partial charge in [0.15, 0.2) is 5.96 Å². The summed E-state index contributed by atoms with van der Waals surface area (Å²) in [6.45, 7) is 9.10. The molecule has 8 nitrogen and oxygen atoms in total. The minimum absolute atomic E-state index is 0.0610.